The third-order valence-corrected chi connectivity index (χ3v) is 10.00. The lowest BCUT2D eigenvalue weighted by atomic mass is 9.72. The number of rotatable bonds is 36. The maximum atomic E-state index is 13.8. The molecule has 1 unspecified atom stereocenters. The molecule has 0 aliphatic carbocycles. The highest BCUT2D eigenvalue weighted by Gasteiger charge is 2.61. The fourth-order valence-electron chi connectivity index (χ4n) is 6.45. The van der Waals surface area contributed by atoms with Gasteiger partial charge in [-0.1, -0.05) is 156 Å². The zero-order chi connectivity index (χ0) is 37.7. The molecule has 0 saturated carbocycles. The van der Waals surface area contributed by atoms with Crippen molar-refractivity contribution in [1.29, 1.82) is 0 Å². The summed E-state index contributed by atoms with van der Waals surface area (Å²) in [5, 5.41) is 46.8. The fraction of sp³-hybridized carbons (Fsp3) is 0.902. The van der Waals surface area contributed by atoms with Gasteiger partial charge in [0.05, 0.1) is 0 Å². The van der Waals surface area contributed by atoms with Gasteiger partial charge in [0.15, 0.2) is 34.7 Å². The van der Waals surface area contributed by atoms with Crippen LogP contribution in [0.5, 0.6) is 0 Å². The second-order valence-electron chi connectivity index (χ2n) is 14.6. The molecule has 0 fully saturated rings. The Balaban J connectivity index is 6.14. The summed E-state index contributed by atoms with van der Waals surface area (Å²) in [5.41, 5.74) is -6.08. The number of carbonyl (C=O) groups is 4. The largest absolute Gasteiger partial charge is 0.462 e. The van der Waals surface area contributed by atoms with Gasteiger partial charge in [-0.25, -0.2) is 0 Å². The molecule has 0 rings (SSSR count). The van der Waals surface area contributed by atoms with Crippen molar-refractivity contribution in [3.8, 4) is 0 Å². The Bertz CT molecular complexity index is 906. The quantitative estimate of drug-likeness (QED) is 0.0370. The number of carbonyl (C=O) groups excluding carboxylic acids is 4. The molecule has 0 aromatic heterocycles. The van der Waals surface area contributed by atoms with Crippen molar-refractivity contribution >= 4 is 23.3 Å². The molecule has 9 nitrogen and oxygen atoms in total. The van der Waals surface area contributed by atoms with E-state index in [0.717, 1.165) is 116 Å². The molecule has 0 aliphatic heterocycles. The summed E-state index contributed by atoms with van der Waals surface area (Å²) < 4.78 is 5.34. The summed E-state index contributed by atoms with van der Waals surface area (Å²) in [6.45, 7) is 7.41. The third-order valence-electron chi connectivity index (χ3n) is 10.00. The van der Waals surface area contributed by atoms with Crippen LogP contribution in [-0.4, -0.2) is 73.8 Å². The van der Waals surface area contributed by atoms with Crippen LogP contribution < -0.4 is 0 Å². The zero-order valence-corrected chi connectivity index (χ0v) is 32.5. The summed E-state index contributed by atoms with van der Waals surface area (Å²) in [7, 11) is 0. The van der Waals surface area contributed by atoms with E-state index >= 15 is 0 Å². The molecular weight excluding hydrogens is 636 g/mol. The van der Waals surface area contributed by atoms with Crippen molar-refractivity contribution < 1.29 is 44.3 Å². The van der Waals surface area contributed by atoms with Crippen molar-refractivity contribution in [2.45, 2.75) is 231 Å². The smallest absolute Gasteiger partial charge is 0.305 e. The summed E-state index contributed by atoms with van der Waals surface area (Å²) in [4.78, 5) is 53.4. The van der Waals surface area contributed by atoms with E-state index in [-0.39, 0.29) is 25.7 Å². The molecule has 9 heteroatoms. The van der Waals surface area contributed by atoms with Crippen molar-refractivity contribution in [2.24, 2.45) is 0 Å². The van der Waals surface area contributed by atoms with Crippen LogP contribution in [0.2, 0.25) is 0 Å². The molecule has 0 bridgehead atoms. The molecule has 4 N–H and O–H groups in total. The monoisotopic (exact) mass is 713 g/mol. The summed E-state index contributed by atoms with van der Waals surface area (Å²) in [6, 6.07) is 0. The number of aliphatic hydroxyl groups excluding tert-OH is 2. The lowest BCUT2D eigenvalue weighted by molar-refractivity contribution is -0.218. The van der Waals surface area contributed by atoms with Gasteiger partial charge in [-0.3, -0.25) is 19.2 Å². The fourth-order valence-corrected chi connectivity index (χ4v) is 6.45. The lowest BCUT2D eigenvalue weighted by Gasteiger charge is -2.42. The highest BCUT2D eigenvalue weighted by atomic mass is 16.5. The van der Waals surface area contributed by atoms with E-state index in [0.29, 0.717) is 38.5 Å². The van der Waals surface area contributed by atoms with Gasteiger partial charge in [0.25, 0.3) is 0 Å². The van der Waals surface area contributed by atoms with Crippen molar-refractivity contribution in [3.63, 3.8) is 0 Å². The van der Waals surface area contributed by atoms with Crippen molar-refractivity contribution in [3.05, 3.63) is 0 Å². The van der Waals surface area contributed by atoms with E-state index in [4.69, 9.17) is 4.74 Å². The van der Waals surface area contributed by atoms with E-state index < -0.39 is 53.3 Å². The Hall–Kier alpha value is -1.68. The minimum atomic E-state index is -3.17. The van der Waals surface area contributed by atoms with E-state index in [2.05, 4.69) is 27.7 Å². The van der Waals surface area contributed by atoms with E-state index in [9.17, 15) is 39.6 Å². The molecule has 0 heterocycles. The second-order valence-corrected chi connectivity index (χ2v) is 14.6. The number of hydrogen-bond donors (Lipinski definition) is 4. The molecular formula is C41H76O9. The van der Waals surface area contributed by atoms with Crippen LogP contribution in [0.3, 0.4) is 0 Å². The van der Waals surface area contributed by atoms with Gasteiger partial charge in [0.2, 0.25) is 0 Å². The highest BCUT2D eigenvalue weighted by Crippen LogP contribution is 2.32. The predicted octanol–water partition coefficient (Wildman–Crippen LogP) is 8.42. The average molecular weight is 713 g/mol. The SMILES string of the molecule is CCCCCCCCC(=O)OC[C@](O)(C(=O)CCCCCCCC)[C@H](O)[C@](O)(C(=O)CCCCCCCC)C(O)C(=O)CCCCCCCC. The summed E-state index contributed by atoms with van der Waals surface area (Å²) >= 11 is 0. The Morgan fingerprint density at radius 3 is 1.24 bits per heavy atom. The van der Waals surface area contributed by atoms with Crippen LogP contribution >= 0.6 is 0 Å². The normalized spacial score (nSPS) is 15.2. The maximum absolute atomic E-state index is 13.8. The third kappa shape index (κ3) is 19.2. The van der Waals surface area contributed by atoms with Gasteiger partial charge in [-0.05, 0) is 25.7 Å². The molecule has 0 spiro atoms. The standard InChI is InChI=1S/C41H76O9/c1-5-9-13-17-21-25-29-34(42)38(46)41(49,36(44)31-27-23-19-15-11-7-3)39(47)40(48,35(43)30-26-22-18-14-10-6-2)33-50-37(45)32-28-24-20-16-12-8-4/h38-39,46-49H,5-33H2,1-4H3/t38?,39-,40-,41-/m0/s1. The maximum Gasteiger partial charge on any atom is 0.305 e. The van der Waals surface area contributed by atoms with Gasteiger partial charge in [0.1, 0.15) is 12.7 Å². The molecule has 0 aromatic rings. The first-order valence-electron chi connectivity index (χ1n) is 20.5. The number of unbranched alkanes of at least 4 members (excludes halogenated alkanes) is 20. The van der Waals surface area contributed by atoms with Crippen LogP contribution in [0.15, 0.2) is 0 Å². The second kappa shape index (κ2) is 29.9. The lowest BCUT2D eigenvalue weighted by Crippen LogP contribution is -2.70. The number of aliphatic hydroxyl groups is 4. The average Bonchev–Trinajstić information content (AvgIpc) is 3.11. The minimum Gasteiger partial charge on any atom is -0.462 e. The van der Waals surface area contributed by atoms with Crippen LogP contribution in [0, 0.1) is 0 Å². The Labute approximate surface area is 304 Å². The zero-order valence-electron chi connectivity index (χ0n) is 32.5. The number of ether oxygens (including phenoxy) is 1. The first kappa shape index (κ1) is 48.3. The Morgan fingerprint density at radius 1 is 0.480 bits per heavy atom. The predicted molar refractivity (Wildman–Crippen MR) is 200 cm³/mol. The van der Waals surface area contributed by atoms with Crippen LogP contribution in [0.25, 0.3) is 0 Å². The van der Waals surface area contributed by atoms with Crippen molar-refractivity contribution in [1.82, 2.24) is 0 Å². The Morgan fingerprint density at radius 2 is 0.820 bits per heavy atom. The minimum absolute atomic E-state index is 0.0461. The molecule has 0 radical (unpaired) electrons. The van der Waals surface area contributed by atoms with Crippen molar-refractivity contribution in [2.75, 3.05) is 6.61 Å². The molecule has 0 aromatic carbocycles. The molecule has 50 heavy (non-hydrogen) atoms. The first-order chi connectivity index (χ1) is 24.0. The van der Waals surface area contributed by atoms with Gasteiger partial charge in [0, 0.05) is 25.7 Å². The van der Waals surface area contributed by atoms with Gasteiger partial charge < -0.3 is 25.2 Å². The number of esters is 1. The summed E-state index contributed by atoms with van der Waals surface area (Å²) in [6.07, 6.45) is 15.3. The van der Waals surface area contributed by atoms with E-state index in [1.54, 1.807) is 0 Å². The van der Waals surface area contributed by atoms with Crippen LogP contribution in [-0.2, 0) is 23.9 Å². The van der Waals surface area contributed by atoms with E-state index in [1.807, 2.05) is 0 Å². The van der Waals surface area contributed by atoms with Gasteiger partial charge in [-0.2, -0.15) is 0 Å². The van der Waals surface area contributed by atoms with Crippen LogP contribution in [0.1, 0.15) is 207 Å². The molecule has 4 atom stereocenters. The molecule has 0 saturated heterocycles. The summed E-state index contributed by atoms with van der Waals surface area (Å²) in [5.74, 6) is -3.45. The van der Waals surface area contributed by atoms with E-state index in [1.165, 1.54) is 0 Å². The number of hydrogen-bond acceptors (Lipinski definition) is 9. The number of ketones is 3. The first-order valence-corrected chi connectivity index (χ1v) is 20.5. The van der Waals surface area contributed by atoms with Gasteiger partial charge >= 0.3 is 5.97 Å². The highest BCUT2D eigenvalue weighted by molar-refractivity contribution is 5.98. The Kier molecular flexibility index (Phi) is 28.8. The molecule has 0 amide bonds. The molecule has 294 valence electrons. The topological polar surface area (TPSA) is 158 Å². The number of Topliss-reactive ketones (excluding diaryl/α,β-unsaturated/α-hetero) is 3. The van der Waals surface area contributed by atoms with Gasteiger partial charge in [-0.15, -0.1) is 0 Å². The van der Waals surface area contributed by atoms with Crippen LogP contribution in [0.4, 0.5) is 0 Å². The molecule has 0 aliphatic rings.